The van der Waals surface area contributed by atoms with E-state index in [9.17, 15) is 12.8 Å². The molecule has 0 aliphatic carbocycles. The van der Waals surface area contributed by atoms with Crippen LogP contribution < -0.4 is 4.72 Å². The van der Waals surface area contributed by atoms with Crippen molar-refractivity contribution in [2.45, 2.75) is 33.2 Å². The minimum Gasteiger partial charge on any atom is -0.207 e. The fourth-order valence-electron chi connectivity index (χ4n) is 1.93. The molecule has 4 nitrogen and oxygen atoms in total. The maximum absolute atomic E-state index is 13.5. The van der Waals surface area contributed by atoms with E-state index in [1.54, 1.807) is 39.0 Å². The first kappa shape index (κ1) is 16.1. The molecule has 6 heteroatoms. The molecule has 1 aromatic carbocycles. The van der Waals surface area contributed by atoms with Crippen molar-refractivity contribution in [3.8, 4) is 0 Å². The summed E-state index contributed by atoms with van der Waals surface area (Å²) in [6, 6.07) is 6.04. The molecule has 0 aliphatic rings. The minimum atomic E-state index is -3.49. The number of benzene rings is 1. The zero-order valence-corrected chi connectivity index (χ0v) is 12.4. The fourth-order valence-corrected chi connectivity index (χ4v) is 3.35. The van der Waals surface area contributed by atoms with Gasteiger partial charge in [-0.25, -0.2) is 4.39 Å². The van der Waals surface area contributed by atoms with Crippen LogP contribution in [-0.2, 0) is 16.6 Å². The van der Waals surface area contributed by atoms with Crippen molar-refractivity contribution in [2.24, 2.45) is 0 Å². The first-order valence-electron chi connectivity index (χ1n) is 6.41. The molecule has 19 heavy (non-hydrogen) atoms. The molecule has 1 atom stereocenters. The predicted molar refractivity (Wildman–Crippen MR) is 74.5 cm³/mol. The molecule has 0 saturated heterocycles. The van der Waals surface area contributed by atoms with Crippen LogP contribution in [0.3, 0.4) is 0 Å². The highest BCUT2D eigenvalue weighted by atomic mass is 32.2. The Kier molecular flexibility index (Phi) is 5.90. The number of nitrogens with zero attached hydrogens (tertiary/aromatic N) is 1. The summed E-state index contributed by atoms with van der Waals surface area (Å²) in [6.07, 6.45) is 0.327. The van der Waals surface area contributed by atoms with Gasteiger partial charge in [-0.15, -0.1) is 0 Å². The number of rotatable bonds is 7. The van der Waals surface area contributed by atoms with Crippen LogP contribution in [0.15, 0.2) is 24.3 Å². The zero-order chi connectivity index (χ0) is 14.5. The third-order valence-electron chi connectivity index (χ3n) is 2.88. The molecule has 0 heterocycles. The Labute approximate surface area is 114 Å². The van der Waals surface area contributed by atoms with Crippen molar-refractivity contribution in [3.05, 3.63) is 35.6 Å². The number of hydrogen-bond acceptors (Lipinski definition) is 2. The first-order chi connectivity index (χ1) is 8.90. The Balaban J connectivity index is 2.70. The molecule has 0 fully saturated rings. The van der Waals surface area contributed by atoms with Gasteiger partial charge in [0, 0.05) is 19.1 Å². The van der Waals surface area contributed by atoms with Crippen LogP contribution in [-0.4, -0.2) is 31.9 Å². The summed E-state index contributed by atoms with van der Waals surface area (Å²) in [4.78, 5) is 0. The highest BCUT2D eigenvalue weighted by Gasteiger charge is 2.21. The maximum Gasteiger partial charge on any atom is 0.279 e. The van der Waals surface area contributed by atoms with Gasteiger partial charge in [0.25, 0.3) is 10.2 Å². The van der Waals surface area contributed by atoms with Crippen LogP contribution in [0.4, 0.5) is 4.39 Å². The van der Waals surface area contributed by atoms with Crippen LogP contribution >= 0.6 is 0 Å². The lowest BCUT2D eigenvalue weighted by Gasteiger charge is -2.22. The fraction of sp³-hybridized carbons (Fsp3) is 0.538. The SMILES string of the molecule is CCN(CC)S(=O)(=O)NC(C)Cc1ccccc1F. The third-order valence-corrected chi connectivity index (χ3v) is 4.78. The van der Waals surface area contributed by atoms with Gasteiger partial charge in [-0.2, -0.15) is 17.4 Å². The van der Waals surface area contributed by atoms with E-state index in [0.29, 0.717) is 25.1 Å². The average Bonchev–Trinajstić information content (AvgIpc) is 2.32. The second kappa shape index (κ2) is 6.98. The summed E-state index contributed by atoms with van der Waals surface area (Å²) in [5.74, 6) is -0.309. The molecular weight excluding hydrogens is 267 g/mol. The average molecular weight is 288 g/mol. The molecule has 1 aromatic rings. The summed E-state index contributed by atoms with van der Waals surface area (Å²) >= 11 is 0. The van der Waals surface area contributed by atoms with Crippen LogP contribution in [0.25, 0.3) is 0 Å². The summed E-state index contributed by atoms with van der Waals surface area (Å²) < 4.78 is 41.4. The Morgan fingerprint density at radius 1 is 1.26 bits per heavy atom. The Bertz CT molecular complexity index is 501. The lowest BCUT2D eigenvalue weighted by atomic mass is 10.1. The van der Waals surface area contributed by atoms with Gasteiger partial charge >= 0.3 is 0 Å². The summed E-state index contributed by atoms with van der Waals surface area (Å²) in [5.41, 5.74) is 0.511. The predicted octanol–water partition coefficient (Wildman–Crippen LogP) is 1.93. The molecule has 0 saturated carbocycles. The van der Waals surface area contributed by atoms with E-state index in [4.69, 9.17) is 0 Å². The summed E-state index contributed by atoms with van der Waals surface area (Å²) in [5, 5.41) is 0. The molecule has 1 unspecified atom stereocenters. The molecular formula is C13H21FN2O2S. The highest BCUT2D eigenvalue weighted by Crippen LogP contribution is 2.10. The van der Waals surface area contributed by atoms with Crippen LogP contribution in [0.1, 0.15) is 26.3 Å². The van der Waals surface area contributed by atoms with Crippen molar-refractivity contribution in [2.75, 3.05) is 13.1 Å². The minimum absolute atomic E-state index is 0.309. The van der Waals surface area contributed by atoms with E-state index in [1.165, 1.54) is 10.4 Å². The Hall–Kier alpha value is -0.980. The zero-order valence-electron chi connectivity index (χ0n) is 11.6. The van der Waals surface area contributed by atoms with Gasteiger partial charge in [-0.05, 0) is 25.0 Å². The maximum atomic E-state index is 13.5. The van der Waals surface area contributed by atoms with Crippen molar-refractivity contribution < 1.29 is 12.8 Å². The van der Waals surface area contributed by atoms with Crippen molar-refractivity contribution in [3.63, 3.8) is 0 Å². The lowest BCUT2D eigenvalue weighted by Crippen LogP contribution is -2.45. The molecule has 1 rings (SSSR count). The molecule has 0 bridgehead atoms. The highest BCUT2D eigenvalue weighted by molar-refractivity contribution is 7.87. The number of hydrogen-bond donors (Lipinski definition) is 1. The lowest BCUT2D eigenvalue weighted by molar-refractivity contribution is 0.426. The molecule has 0 radical (unpaired) electrons. The second-order valence-corrected chi connectivity index (χ2v) is 6.11. The first-order valence-corrected chi connectivity index (χ1v) is 7.85. The van der Waals surface area contributed by atoms with Crippen molar-refractivity contribution >= 4 is 10.2 Å². The van der Waals surface area contributed by atoms with Crippen molar-refractivity contribution in [1.29, 1.82) is 0 Å². The summed E-state index contributed by atoms with van der Waals surface area (Å²) in [6.45, 7) is 6.12. The summed E-state index contributed by atoms with van der Waals surface area (Å²) in [7, 11) is -3.49. The normalized spacial score (nSPS) is 13.7. The Morgan fingerprint density at radius 3 is 2.37 bits per heavy atom. The van der Waals surface area contributed by atoms with Gasteiger partial charge < -0.3 is 0 Å². The molecule has 0 spiro atoms. The number of nitrogens with one attached hydrogen (secondary N) is 1. The quantitative estimate of drug-likeness (QED) is 0.833. The van der Waals surface area contributed by atoms with Crippen LogP contribution in [0.2, 0.25) is 0 Å². The molecule has 0 aromatic heterocycles. The van der Waals surface area contributed by atoms with E-state index >= 15 is 0 Å². The largest absolute Gasteiger partial charge is 0.279 e. The van der Waals surface area contributed by atoms with Crippen LogP contribution in [0, 0.1) is 5.82 Å². The van der Waals surface area contributed by atoms with Crippen molar-refractivity contribution in [1.82, 2.24) is 9.03 Å². The topological polar surface area (TPSA) is 49.4 Å². The van der Waals surface area contributed by atoms with E-state index in [2.05, 4.69) is 4.72 Å². The van der Waals surface area contributed by atoms with Gasteiger partial charge in [-0.1, -0.05) is 32.0 Å². The van der Waals surface area contributed by atoms with E-state index < -0.39 is 10.2 Å². The molecule has 0 aliphatic heterocycles. The number of halogens is 1. The molecule has 1 N–H and O–H groups in total. The van der Waals surface area contributed by atoms with E-state index in [1.807, 2.05) is 0 Å². The van der Waals surface area contributed by atoms with Gasteiger partial charge in [-0.3, -0.25) is 0 Å². The van der Waals surface area contributed by atoms with Gasteiger partial charge in [0.2, 0.25) is 0 Å². The van der Waals surface area contributed by atoms with Gasteiger partial charge in [0.15, 0.2) is 0 Å². The van der Waals surface area contributed by atoms with E-state index in [0.717, 1.165) is 0 Å². The second-order valence-electron chi connectivity index (χ2n) is 4.40. The van der Waals surface area contributed by atoms with E-state index in [-0.39, 0.29) is 11.9 Å². The smallest absolute Gasteiger partial charge is 0.207 e. The molecule has 0 amide bonds. The monoisotopic (exact) mass is 288 g/mol. The third kappa shape index (κ3) is 4.56. The van der Waals surface area contributed by atoms with Gasteiger partial charge in [0.1, 0.15) is 5.82 Å². The standard InChI is InChI=1S/C13H21FN2O2S/c1-4-16(5-2)19(17,18)15-11(3)10-12-8-6-7-9-13(12)14/h6-9,11,15H,4-5,10H2,1-3H3. The Morgan fingerprint density at radius 2 is 1.84 bits per heavy atom. The van der Waals surface area contributed by atoms with Crippen LogP contribution in [0.5, 0.6) is 0 Å². The van der Waals surface area contributed by atoms with Gasteiger partial charge in [0.05, 0.1) is 0 Å². The molecule has 108 valence electrons.